The van der Waals surface area contributed by atoms with Crippen molar-refractivity contribution in [2.75, 3.05) is 25.1 Å². The Kier molecular flexibility index (Phi) is 7.62. The first-order valence-corrected chi connectivity index (χ1v) is 11.9. The third kappa shape index (κ3) is 5.90. The number of carbonyl (C=O) groups is 1. The maximum absolute atomic E-state index is 12.2. The SMILES string of the molecule is O=C(O)C(CCOCCCCc1ccc2c(n1)NCCC2)NC1(c2c(Cl)nc[nH]c2=O)CC1. The lowest BCUT2D eigenvalue weighted by Crippen LogP contribution is -2.46. The molecular weight excluding hydrogens is 446 g/mol. The number of anilines is 1. The zero-order valence-corrected chi connectivity index (χ0v) is 19.3. The molecule has 0 spiro atoms. The summed E-state index contributed by atoms with van der Waals surface area (Å²) in [6.45, 7) is 1.86. The van der Waals surface area contributed by atoms with Crippen molar-refractivity contribution in [3.8, 4) is 0 Å². The van der Waals surface area contributed by atoms with E-state index in [-0.39, 0.29) is 10.7 Å². The molecule has 0 amide bonds. The van der Waals surface area contributed by atoms with E-state index in [1.807, 2.05) is 0 Å². The van der Waals surface area contributed by atoms with Gasteiger partial charge in [0.25, 0.3) is 5.56 Å². The Hall–Kier alpha value is -2.49. The van der Waals surface area contributed by atoms with Crippen molar-refractivity contribution in [3.63, 3.8) is 0 Å². The number of carboxylic acids is 1. The number of nitrogens with zero attached hydrogens (tertiary/aromatic N) is 2. The first-order chi connectivity index (χ1) is 16.0. The lowest BCUT2D eigenvalue weighted by Gasteiger charge is -2.23. The molecule has 10 heteroatoms. The molecule has 9 nitrogen and oxygen atoms in total. The zero-order valence-electron chi connectivity index (χ0n) is 18.5. The summed E-state index contributed by atoms with van der Waals surface area (Å²) in [5.74, 6) is 0.0404. The molecule has 3 heterocycles. The fraction of sp³-hybridized carbons (Fsp3) is 0.565. The van der Waals surface area contributed by atoms with Crippen LogP contribution >= 0.6 is 11.6 Å². The number of H-pyrrole nitrogens is 1. The quantitative estimate of drug-likeness (QED) is 0.272. The second-order valence-corrected chi connectivity index (χ2v) is 9.07. The van der Waals surface area contributed by atoms with Gasteiger partial charge in [-0.05, 0) is 63.0 Å². The maximum atomic E-state index is 12.2. The number of aromatic amines is 1. The molecule has 1 unspecified atom stereocenters. The maximum Gasteiger partial charge on any atom is 0.320 e. The number of aliphatic carboxylic acids is 1. The van der Waals surface area contributed by atoms with Gasteiger partial charge in [-0.25, -0.2) is 9.97 Å². The number of aryl methyl sites for hydroxylation is 2. The number of nitrogens with one attached hydrogen (secondary N) is 3. The predicted molar refractivity (Wildman–Crippen MR) is 125 cm³/mol. The predicted octanol–water partition coefficient (Wildman–Crippen LogP) is 2.64. The van der Waals surface area contributed by atoms with E-state index in [0.29, 0.717) is 38.0 Å². The third-order valence-corrected chi connectivity index (χ3v) is 6.54. The van der Waals surface area contributed by atoms with Gasteiger partial charge < -0.3 is 20.1 Å². The van der Waals surface area contributed by atoms with E-state index in [1.54, 1.807) is 0 Å². The highest BCUT2D eigenvalue weighted by Gasteiger charge is 2.50. The van der Waals surface area contributed by atoms with Crippen LogP contribution in [0.3, 0.4) is 0 Å². The molecule has 0 aromatic carbocycles. The summed E-state index contributed by atoms with van der Waals surface area (Å²) in [5.41, 5.74) is 1.60. The van der Waals surface area contributed by atoms with Crippen LogP contribution in [-0.2, 0) is 27.9 Å². The lowest BCUT2D eigenvalue weighted by molar-refractivity contribution is -0.140. The van der Waals surface area contributed by atoms with Crippen LogP contribution in [0.25, 0.3) is 0 Å². The second kappa shape index (κ2) is 10.6. The molecule has 0 radical (unpaired) electrons. The van der Waals surface area contributed by atoms with Gasteiger partial charge >= 0.3 is 5.97 Å². The highest BCUT2D eigenvalue weighted by molar-refractivity contribution is 6.30. The largest absolute Gasteiger partial charge is 0.480 e. The third-order valence-electron chi connectivity index (χ3n) is 6.26. The van der Waals surface area contributed by atoms with E-state index in [4.69, 9.17) is 21.3 Å². The van der Waals surface area contributed by atoms with E-state index >= 15 is 0 Å². The summed E-state index contributed by atoms with van der Waals surface area (Å²) in [6, 6.07) is 3.43. The van der Waals surface area contributed by atoms with Gasteiger partial charge in [-0.1, -0.05) is 17.7 Å². The van der Waals surface area contributed by atoms with Crippen molar-refractivity contribution in [1.82, 2.24) is 20.3 Å². The van der Waals surface area contributed by atoms with E-state index < -0.39 is 17.6 Å². The van der Waals surface area contributed by atoms with Crippen LogP contribution in [0.1, 0.15) is 55.3 Å². The van der Waals surface area contributed by atoms with Crippen molar-refractivity contribution in [2.24, 2.45) is 0 Å². The molecule has 0 saturated heterocycles. The molecule has 2 aromatic rings. The smallest absolute Gasteiger partial charge is 0.320 e. The number of fused-ring (bicyclic) bond motifs is 1. The normalized spacial score (nSPS) is 17.1. The van der Waals surface area contributed by atoms with Crippen LogP contribution in [-0.4, -0.2) is 51.8 Å². The molecule has 33 heavy (non-hydrogen) atoms. The Morgan fingerprint density at radius 1 is 1.30 bits per heavy atom. The molecule has 2 aromatic heterocycles. The molecule has 1 aliphatic heterocycles. The number of pyridine rings is 1. The van der Waals surface area contributed by atoms with Crippen molar-refractivity contribution < 1.29 is 14.6 Å². The van der Waals surface area contributed by atoms with Gasteiger partial charge in [-0.15, -0.1) is 0 Å². The second-order valence-electron chi connectivity index (χ2n) is 8.71. The van der Waals surface area contributed by atoms with Crippen LogP contribution in [0, 0.1) is 0 Å². The summed E-state index contributed by atoms with van der Waals surface area (Å²) in [7, 11) is 0. The standard InChI is InChI=1S/C23H30ClN5O4/c24-19-18(21(30)27-14-26-19)23(9-10-23)29-17(22(31)32)8-13-33-12-2-1-5-16-7-6-15-4-3-11-25-20(15)28-16/h6-7,14,17,29H,1-5,8-13H2,(H,25,28)(H,31,32)(H,26,27,30). The molecule has 1 aliphatic carbocycles. The van der Waals surface area contributed by atoms with E-state index in [2.05, 4.69) is 32.7 Å². The summed E-state index contributed by atoms with van der Waals surface area (Å²) < 4.78 is 5.69. The highest BCUT2D eigenvalue weighted by Crippen LogP contribution is 2.46. The Morgan fingerprint density at radius 2 is 2.15 bits per heavy atom. The number of rotatable bonds is 12. The van der Waals surface area contributed by atoms with Gasteiger partial charge in [0.15, 0.2) is 0 Å². The molecule has 4 rings (SSSR count). The van der Waals surface area contributed by atoms with Crippen LogP contribution in [0.5, 0.6) is 0 Å². The van der Waals surface area contributed by atoms with E-state index in [1.165, 1.54) is 11.9 Å². The fourth-order valence-electron chi connectivity index (χ4n) is 4.30. The van der Waals surface area contributed by atoms with Crippen molar-refractivity contribution in [3.05, 3.63) is 50.8 Å². The van der Waals surface area contributed by atoms with Gasteiger partial charge in [-0.3, -0.25) is 14.9 Å². The summed E-state index contributed by atoms with van der Waals surface area (Å²) in [6.07, 6.45) is 7.77. The van der Waals surface area contributed by atoms with Crippen LogP contribution in [0.15, 0.2) is 23.3 Å². The van der Waals surface area contributed by atoms with Gasteiger partial charge in [0.1, 0.15) is 17.0 Å². The molecule has 0 bridgehead atoms. The Morgan fingerprint density at radius 3 is 2.91 bits per heavy atom. The van der Waals surface area contributed by atoms with Gasteiger partial charge in [0.2, 0.25) is 0 Å². The van der Waals surface area contributed by atoms with Crippen molar-refractivity contribution in [2.45, 2.75) is 62.9 Å². The monoisotopic (exact) mass is 475 g/mol. The van der Waals surface area contributed by atoms with Crippen LogP contribution < -0.4 is 16.2 Å². The van der Waals surface area contributed by atoms with Crippen LogP contribution in [0.2, 0.25) is 5.15 Å². The zero-order chi connectivity index (χ0) is 23.3. The van der Waals surface area contributed by atoms with Gasteiger partial charge in [0, 0.05) is 25.5 Å². The molecule has 1 atom stereocenters. The minimum Gasteiger partial charge on any atom is -0.480 e. The lowest BCUT2D eigenvalue weighted by atomic mass is 10.1. The summed E-state index contributed by atoms with van der Waals surface area (Å²) in [5, 5.41) is 16.2. The Balaban J connectivity index is 1.18. The fourth-order valence-corrected chi connectivity index (χ4v) is 4.61. The van der Waals surface area contributed by atoms with Crippen molar-refractivity contribution >= 4 is 23.4 Å². The average Bonchev–Trinajstić information content (AvgIpc) is 3.57. The molecule has 1 fully saturated rings. The summed E-state index contributed by atoms with van der Waals surface area (Å²) >= 11 is 6.12. The molecular formula is C23H30ClN5O4. The number of carboxylic acid groups (broad SMARTS) is 1. The Bertz CT molecular complexity index is 1040. The Labute approximate surface area is 197 Å². The number of hydrogen-bond donors (Lipinski definition) is 4. The molecule has 1 saturated carbocycles. The number of hydrogen-bond acceptors (Lipinski definition) is 7. The van der Waals surface area contributed by atoms with Crippen LogP contribution in [0.4, 0.5) is 5.82 Å². The number of ether oxygens (including phenoxy) is 1. The van der Waals surface area contributed by atoms with Gasteiger partial charge in [0.05, 0.1) is 17.4 Å². The molecule has 4 N–H and O–H groups in total. The summed E-state index contributed by atoms with van der Waals surface area (Å²) in [4.78, 5) is 35.1. The van der Waals surface area contributed by atoms with Gasteiger partial charge in [-0.2, -0.15) is 0 Å². The number of aromatic nitrogens is 3. The first-order valence-electron chi connectivity index (χ1n) is 11.5. The highest BCUT2D eigenvalue weighted by atomic mass is 35.5. The number of unbranched alkanes of at least 4 members (excludes halogenated alkanes) is 1. The first kappa shape index (κ1) is 23.7. The number of halogens is 1. The molecule has 178 valence electrons. The van der Waals surface area contributed by atoms with Crippen molar-refractivity contribution in [1.29, 1.82) is 0 Å². The minimum atomic E-state index is -0.978. The van der Waals surface area contributed by atoms with E-state index in [0.717, 1.165) is 50.2 Å². The average molecular weight is 476 g/mol. The minimum absolute atomic E-state index is 0.105. The molecule has 2 aliphatic rings. The van der Waals surface area contributed by atoms with E-state index in [9.17, 15) is 14.7 Å². The topological polar surface area (TPSA) is 129 Å².